The minimum Gasteiger partial charge on any atom is -0.496 e. The van der Waals surface area contributed by atoms with Crippen LogP contribution in [0.5, 0.6) is 5.75 Å². The average Bonchev–Trinajstić information content (AvgIpc) is 3.24. The number of nitrogens with zero attached hydrogens (tertiary/aromatic N) is 7. The molecule has 0 saturated carbocycles. The van der Waals surface area contributed by atoms with E-state index in [0.717, 1.165) is 51.3 Å². The van der Waals surface area contributed by atoms with E-state index >= 15 is 0 Å². The van der Waals surface area contributed by atoms with Crippen LogP contribution >= 0.6 is 0 Å². The number of likely N-dealkylation sites (N-methyl/N-ethyl adjacent to an activating group) is 1. The van der Waals surface area contributed by atoms with Crippen molar-refractivity contribution < 1.29 is 9.53 Å². The fourth-order valence-corrected chi connectivity index (χ4v) is 3.96. The first-order chi connectivity index (χ1) is 14.5. The van der Waals surface area contributed by atoms with Crippen molar-refractivity contribution in [3.63, 3.8) is 0 Å². The van der Waals surface area contributed by atoms with Gasteiger partial charge in [-0.1, -0.05) is 18.2 Å². The van der Waals surface area contributed by atoms with Gasteiger partial charge in [0.2, 0.25) is 5.91 Å². The lowest BCUT2D eigenvalue weighted by Crippen LogP contribution is -2.45. The highest BCUT2D eigenvalue weighted by molar-refractivity contribution is 5.75. The van der Waals surface area contributed by atoms with Crippen molar-refractivity contribution in [3.8, 4) is 5.75 Å². The number of carbonyl (C=O) groups is 1. The minimum absolute atomic E-state index is 0.0611. The number of aromatic nitrogens is 4. The fourth-order valence-electron chi connectivity index (χ4n) is 3.96. The first-order valence-corrected chi connectivity index (χ1v) is 10.5. The molecular weight excluding hydrogens is 382 g/mol. The summed E-state index contributed by atoms with van der Waals surface area (Å²) in [5, 5.41) is 11.1. The van der Waals surface area contributed by atoms with Crippen LogP contribution in [0, 0.1) is 5.92 Å². The number of hydrogen-bond donors (Lipinski definition) is 0. The Morgan fingerprint density at radius 3 is 2.83 bits per heavy atom. The van der Waals surface area contributed by atoms with Gasteiger partial charge in [-0.2, -0.15) is 0 Å². The molecule has 0 bridgehead atoms. The predicted octanol–water partition coefficient (Wildman–Crippen LogP) is 0.984. The molecule has 1 aliphatic rings. The largest absolute Gasteiger partial charge is 0.496 e. The maximum atomic E-state index is 12.9. The van der Waals surface area contributed by atoms with E-state index in [1.54, 1.807) is 7.11 Å². The normalized spacial score (nSPS) is 17.3. The highest BCUT2D eigenvalue weighted by Gasteiger charge is 2.25. The molecule has 30 heavy (non-hydrogen) atoms. The third-order valence-electron chi connectivity index (χ3n) is 5.53. The smallest absolute Gasteiger partial charge is 0.244 e. The minimum atomic E-state index is 0.0611. The van der Waals surface area contributed by atoms with Gasteiger partial charge >= 0.3 is 0 Å². The molecule has 0 radical (unpaired) electrons. The molecule has 0 unspecified atom stereocenters. The van der Waals surface area contributed by atoms with Gasteiger partial charge in [0, 0.05) is 38.3 Å². The molecule has 0 aliphatic carbocycles. The number of para-hydroxylation sites is 1. The molecule has 9 nitrogen and oxygen atoms in total. The van der Waals surface area contributed by atoms with Crippen LogP contribution in [-0.4, -0.2) is 94.7 Å². The predicted molar refractivity (Wildman–Crippen MR) is 114 cm³/mol. The summed E-state index contributed by atoms with van der Waals surface area (Å²) >= 11 is 0. The molecule has 1 saturated heterocycles. The van der Waals surface area contributed by atoms with Gasteiger partial charge < -0.3 is 14.5 Å². The van der Waals surface area contributed by atoms with Crippen LogP contribution in [0.15, 0.2) is 30.6 Å². The van der Waals surface area contributed by atoms with E-state index in [9.17, 15) is 4.79 Å². The van der Waals surface area contributed by atoms with Crippen LogP contribution in [0.2, 0.25) is 0 Å². The monoisotopic (exact) mass is 415 g/mol. The summed E-state index contributed by atoms with van der Waals surface area (Å²) in [6, 6.07) is 8.19. The number of methoxy groups -OCH3 is 1. The van der Waals surface area contributed by atoms with Crippen molar-refractivity contribution in [2.24, 2.45) is 5.92 Å². The standard InChI is InChI=1S/C21H33N7O2/c1-25(2)11-12-27(21(29)16-28-17-22-23-24-28)14-18-7-6-10-26(13-18)15-19-8-4-5-9-20(19)30-3/h4-5,8-9,17-18H,6-7,10-16H2,1-3H3/t18-/m1/s1. The molecule has 1 aliphatic heterocycles. The lowest BCUT2D eigenvalue weighted by Gasteiger charge is -2.36. The summed E-state index contributed by atoms with van der Waals surface area (Å²) in [5.74, 6) is 1.45. The number of likely N-dealkylation sites (tertiary alicyclic amines) is 1. The summed E-state index contributed by atoms with van der Waals surface area (Å²) in [6.07, 6.45) is 3.76. The van der Waals surface area contributed by atoms with Crippen LogP contribution in [0.4, 0.5) is 0 Å². The van der Waals surface area contributed by atoms with Crippen molar-refractivity contribution in [1.29, 1.82) is 0 Å². The third kappa shape index (κ3) is 6.50. The van der Waals surface area contributed by atoms with E-state index in [2.05, 4.69) is 37.5 Å². The SMILES string of the molecule is COc1ccccc1CN1CCC[C@@H](CN(CCN(C)C)C(=O)Cn2cnnn2)C1. The summed E-state index contributed by atoms with van der Waals surface area (Å²) in [4.78, 5) is 19.5. The molecule has 1 amide bonds. The highest BCUT2D eigenvalue weighted by Crippen LogP contribution is 2.24. The zero-order valence-corrected chi connectivity index (χ0v) is 18.3. The van der Waals surface area contributed by atoms with E-state index in [1.165, 1.54) is 16.6 Å². The van der Waals surface area contributed by atoms with Crippen LogP contribution in [0.25, 0.3) is 0 Å². The van der Waals surface area contributed by atoms with Gasteiger partial charge in [0.1, 0.15) is 18.6 Å². The number of rotatable bonds is 10. The van der Waals surface area contributed by atoms with Crippen LogP contribution in [0.3, 0.4) is 0 Å². The van der Waals surface area contributed by atoms with Crippen molar-refractivity contribution >= 4 is 5.91 Å². The lowest BCUT2D eigenvalue weighted by molar-refractivity contribution is -0.133. The molecule has 9 heteroatoms. The molecule has 1 atom stereocenters. The van der Waals surface area contributed by atoms with E-state index < -0.39 is 0 Å². The Bertz CT molecular complexity index is 781. The Labute approximate surface area is 178 Å². The number of ether oxygens (including phenoxy) is 1. The second-order valence-corrected chi connectivity index (χ2v) is 8.21. The summed E-state index contributed by atoms with van der Waals surface area (Å²) in [5.41, 5.74) is 1.21. The van der Waals surface area contributed by atoms with Gasteiger partial charge in [0.25, 0.3) is 0 Å². The molecule has 1 aromatic carbocycles. The van der Waals surface area contributed by atoms with Gasteiger partial charge in [0.15, 0.2) is 0 Å². The van der Waals surface area contributed by atoms with E-state index in [1.807, 2.05) is 31.1 Å². The Morgan fingerprint density at radius 2 is 2.10 bits per heavy atom. The second kappa shape index (κ2) is 11.0. The van der Waals surface area contributed by atoms with Crippen molar-refractivity contribution in [2.75, 3.05) is 53.9 Å². The molecule has 2 heterocycles. The van der Waals surface area contributed by atoms with Crippen molar-refractivity contribution in [1.82, 2.24) is 34.9 Å². The topological polar surface area (TPSA) is 79.6 Å². The van der Waals surface area contributed by atoms with Crippen molar-refractivity contribution in [2.45, 2.75) is 25.9 Å². The first kappa shape index (κ1) is 22.2. The van der Waals surface area contributed by atoms with E-state index in [0.29, 0.717) is 12.5 Å². The molecule has 164 valence electrons. The number of carbonyl (C=O) groups excluding carboxylic acids is 1. The molecule has 1 fully saturated rings. The average molecular weight is 416 g/mol. The Hall–Kier alpha value is -2.52. The number of benzene rings is 1. The summed E-state index contributed by atoms with van der Waals surface area (Å²) in [7, 11) is 5.77. The van der Waals surface area contributed by atoms with Gasteiger partial charge in [-0.05, 0) is 55.9 Å². The number of amides is 1. The Balaban J connectivity index is 1.60. The van der Waals surface area contributed by atoms with Gasteiger partial charge in [-0.25, -0.2) is 4.68 Å². The summed E-state index contributed by atoms with van der Waals surface area (Å²) < 4.78 is 7.00. The zero-order chi connectivity index (χ0) is 21.3. The third-order valence-corrected chi connectivity index (χ3v) is 5.53. The van der Waals surface area contributed by atoms with Crippen LogP contribution < -0.4 is 4.74 Å². The van der Waals surface area contributed by atoms with Crippen molar-refractivity contribution in [3.05, 3.63) is 36.2 Å². The Kier molecular flexibility index (Phi) is 8.15. The lowest BCUT2D eigenvalue weighted by atomic mass is 9.96. The number of tetrazole rings is 1. The second-order valence-electron chi connectivity index (χ2n) is 8.21. The fraction of sp³-hybridized carbons (Fsp3) is 0.619. The number of piperidine rings is 1. The maximum Gasteiger partial charge on any atom is 0.244 e. The molecular formula is C21H33N7O2. The van der Waals surface area contributed by atoms with Gasteiger partial charge in [-0.3, -0.25) is 9.69 Å². The van der Waals surface area contributed by atoms with Gasteiger partial charge in [-0.15, -0.1) is 5.10 Å². The molecule has 3 rings (SSSR count). The highest BCUT2D eigenvalue weighted by atomic mass is 16.5. The van der Waals surface area contributed by atoms with Gasteiger partial charge in [0.05, 0.1) is 7.11 Å². The quantitative estimate of drug-likeness (QED) is 0.572. The van der Waals surface area contributed by atoms with E-state index in [4.69, 9.17) is 4.74 Å². The molecule has 0 spiro atoms. The zero-order valence-electron chi connectivity index (χ0n) is 18.3. The van der Waals surface area contributed by atoms with E-state index in [-0.39, 0.29) is 12.5 Å². The molecule has 2 aromatic rings. The molecule has 0 N–H and O–H groups in total. The van der Waals surface area contributed by atoms with Crippen LogP contribution in [0.1, 0.15) is 18.4 Å². The summed E-state index contributed by atoms with van der Waals surface area (Å²) in [6.45, 7) is 5.40. The molecule has 1 aromatic heterocycles. The number of hydrogen-bond acceptors (Lipinski definition) is 7. The maximum absolute atomic E-state index is 12.9. The Morgan fingerprint density at radius 1 is 1.27 bits per heavy atom. The first-order valence-electron chi connectivity index (χ1n) is 10.5. The van der Waals surface area contributed by atoms with Crippen LogP contribution in [-0.2, 0) is 17.9 Å².